The molecule has 5 rings (SSSR count). The Balaban J connectivity index is 1.18. The maximum Gasteiger partial charge on any atom is 0.227 e. The molecule has 1 unspecified atom stereocenters. The first kappa shape index (κ1) is 21.9. The summed E-state index contributed by atoms with van der Waals surface area (Å²) in [5.41, 5.74) is 4.38. The van der Waals surface area contributed by atoms with Crippen molar-refractivity contribution in [3.63, 3.8) is 0 Å². The molecule has 2 aromatic carbocycles. The lowest BCUT2D eigenvalue weighted by Gasteiger charge is -2.24. The van der Waals surface area contributed by atoms with Crippen LogP contribution >= 0.6 is 0 Å². The normalized spacial score (nSPS) is 15.0. The predicted octanol–water partition coefficient (Wildman–Crippen LogP) is 4.12. The van der Waals surface area contributed by atoms with Crippen molar-refractivity contribution in [2.45, 2.75) is 44.7 Å². The molecule has 0 radical (unpaired) electrons. The fraction of sp³-hybridized carbons (Fsp3) is 0.308. The van der Waals surface area contributed by atoms with E-state index in [1.165, 1.54) is 11.3 Å². The third-order valence-electron chi connectivity index (χ3n) is 6.16. The molecular formula is C26H27N5O3. The van der Waals surface area contributed by atoms with Crippen LogP contribution in [0.25, 0.3) is 11.4 Å². The van der Waals surface area contributed by atoms with Gasteiger partial charge in [0.15, 0.2) is 0 Å². The molecule has 1 N–H and O–H groups in total. The molecule has 0 saturated carbocycles. The molecule has 4 aromatic rings. The van der Waals surface area contributed by atoms with Crippen molar-refractivity contribution >= 4 is 5.91 Å². The van der Waals surface area contributed by atoms with Crippen LogP contribution in [0.4, 0.5) is 0 Å². The number of aromatic nitrogens is 4. The molecule has 0 spiro atoms. The fourth-order valence-corrected chi connectivity index (χ4v) is 4.36. The van der Waals surface area contributed by atoms with Crippen molar-refractivity contribution in [2.75, 3.05) is 7.11 Å². The van der Waals surface area contributed by atoms with Crippen LogP contribution in [0.5, 0.6) is 5.75 Å². The van der Waals surface area contributed by atoms with Crippen LogP contribution in [0.1, 0.15) is 48.0 Å². The van der Waals surface area contributed by atoms with E-state index in [2.05, 4.69) is 37.4 Å². The van der Waals surface area contributed by atoms with Crippen molar-refractivity contribution in [3.8, 4) is 17.1 Å². The minimum absolute atomic E-state index is 0.0154. The zero-order chi connectivity index (χ0) is 23.3. The summed E-state index contributed by atoms with van der Waals surface area (Å²) in [7, 11) is 1.62. The molecule has 1 atom stereocenters. The van der Waals surface area contributed by atoms with Gasteiger partial charge in [-0.2, -0.15) is 10.1 Å². The van der Waals surface area contributed by atoms with E-state index in [4.69, 9.17) is 9.26 Å². The zero-order valence-corrected chi connectivity index (χ0v) is 19.1. The number of fused-ring (bicyclic) bond motifs is 1. The number of benzene rings is 2. The lowest BCUT2D eigenvalue weighted by molar-refractivity contribution is -0.122. The van der Waals surface area contributed by atoms with Crippen molar-refractivity contribution < 1.29 is 14.1 Å². The topological polar surface area (TPSA) is 95.1 Å². The number of nitrogens with one attached hydrogen (secondary N) is 1. The van der Waals surface area contributed by atoms with Gasteiger partial charge < -0.3 is 14.6 Å². The molecule has 1 amide bonds. The Morgan fingerprint density at radius 1 is 1.18 bits per heavy atom. The Morgan fingerprint density at radius 3 is 2.79 bits per heavy atom. The first-order valence-electron chi connectivity index (χ1n) is 11.5. The van der Waals surface area contributed by atoms with Gasteiger partial charge in [0, 0.05) is 29.7 Å². The Labute approximate surface area is 197 Å². The van der Waals surface area contributed by atoms with Crippen molar-refractivity contribution in [1.82, 2.24) is 25.2 Å². The molecule has 1 aliphatic rings. The number of nitrogens with zero attached hydrogens (tertiary/aromatic N) is 4. The van der Waals surface area contributed by atoms with Gasteiger partial charge in [0.1, 0.15) is 5.75 Å². The highest BCUT2D eigenvalue weighted by Crippen LogP contribution is 2.30. The Hall–Kier alpha value is -3.94. The molecule has 174 valence electrons. The Morgan fingerprint density at radius 2 is 2.00 bits per heavy atom. The summed E-state index contributed by atoms with van der Waals surface area (Å²) >= 11 is 0. The molecule has 8 nitrogen and oxygen atoms in total. The molecule has 2 heterocycles. The fourth-order valence-electron chi connectivity index (χ4n) is 4.36. The van der Waals surface area contributed by atoms with Crippen LogP contribution in [0.15, 0.2) is 65.3 Å². The summed E-state index contributed by atoms with van der Waals surface area (Å²) in [5.74, 6) is 1.68. The second-order valence-corrected chi connectivity index (χ2v) is 8.44. The van der Waals surface area contributed by atoms with Crippen LogP contribution in [-0.2, 0) is 24.2 Å². The van der Waals surface area contributed by atoms with E-state index in [0.29, 0.717) is 18.1 Å². The zero-order valence-electron chi connectivity index (χ0n) is 19.1. The van der Waals surface area contributed by atoms with Crippen LogP contribution in [0, 0.1) is 0 Å². The average molecular weight is 458 g/mol. The number of carbonyl (C=O) groups excluding carboxylic acids is 1. The number of methoxy groups -OCH3 is 1. The highest BCUT2D eigenvalue weighted by molar-refractivity contribution is 5.76. The first-order valence-corrected chi connectivity index (χ1v) is 11.5. The number of hydrogen-bond acceptors (Lipinski definition) is 6. The smallest absolute Gasteiger partial charge is 0.227 e. The van der Waals surface area contributed by atoms with Crippen LogP contribution < -0.4 is 10.1 Å². The maximum atomic E-state index is 12.7. The summed E-state index contributed by atoms with van der Waals surface area (Å²) in [6.45, 7) is 0.741. The molecule has 2 aromatic heterocycles. The average Bonchev–Trinajstić information content (AvgIpc) is 3.52. The maximum absolute atomic E-state index is 12.7. The molecule has 34 heavy (non-hydrogen) atoms. The Bertz CT molecular complexity index is 1250. The molecule has 1 aliphatic carbocycles. The van der Waals surface area contributed by atoms with Crippen molar-refractivity contribution in [1.29, 1.82) is 0 Å². The van der Waals surface area contributed by atoms with Gasteiger partial charge in [-0.15, -0.1) is 0 Å². The number of carbonyl (C=O) groups is 1. The number of hydrogen-bond donors (Lipinski definition) is 1. The van der Waals surface area contributed by atoms with Gasteiger partial charge in [0.25, 0.3) is 0 Å². The van der Waals surface area contributed by atoms with Crippen molar-refractivity contribution in [2.24, 2.45) is 0 Å². The molecule has 0 fully saturated rings. The molecular weight excluding hydrogens is 430 g/mol. The van der Waals surface area contributed by atoms with Crippen LogP contribution in [-0.4, -0.2) is 32.9 Å². The van der Waals surface area contributed by atoms with Crippen molar-refractivity contribution in [3.05, 3.63) is 83.5 Å². The summed E-state index contributed by atoms with van der Waals surface area (Å²) in [5, 5.41) is 11.8. The summed E-state index contributed by atoms with van der Waals surface area (Å²) < 4.78 is 12.6. The van der Waals surface area contributed by atoms with Crippen LogP contribution in [0.3, 0.4) is 0 Å². The highest BCUT2D eigenvalue weighted by atomic mass is 16.5. The first-order chi connectivity index (χ1) is 16.7. The van der Waals surface area contributed by atoms with E-state index in [1.807, 2.05) is 48.7 Å². The number of ether oxygens (including phenoxy) is 1. The standard InChI is InChI=1S/C26H27N5O3/c1-33-20-12-10-19(11-13-20)26-29-25(34-30-26)15-14-24(32)28-22-8-5-9-23-21(22)16-27-31(23)17-18-6-3-2-4-7-18/h2-4,6-7,10-13,16,22H,5,8-9,14-15,17H2,1H3,(H,28,32). The van der Waals surface area contributed by atoms with Gasteiger partial charge in [0.05, 0.1) is 25.9 Å². The lowest BCUT2D eigenvalue weighted by Crippen LogP contribution is -2.31. The quantitative estimate of drug-likeness (QED) is 0.428. The third kappa shape index (κ3) is 4.85. The van der Waals surface area contributed by atoms with Gasteiger partial charge in [-0.05, 0) is 49.1 Å². The number of aryl methyl sites for hydroxylation is 1. The monoisotopic (exact) mass is 457 g/mol. The minimum Gasteiger partial charge on any atom is -0.497 e. The minimum atomic E-state index is -0.0298. The van der Waals surface area contributed by atoms with Crippen LogP contribution in [0.2, 0.25) is 0 Å². The van der Waals surface area contributed by atoms with E-state index in [0.717, 1.165) is 42.7 Å². The predicted molar refractivity (Wildman–Crippen MR) is 126 cm³/mol. The van der Waals surface area contributed by atoms with Gasteiger partial charge in [-0.25, -0.2) is 0 Å². The Kier molecular flexibility index (Phi) is 6.38. The van der Waals surface area contributed by atoms with Gasteiger partial charge in [-0.3, -0.25) is 9.48 Å². The third-order valence-corrected chi connectivity index (χ3v) is 6.16. The van der Waals surface area contributed by atoms with E-state index in [9.17, 15) is 4.79 Å². The van der Waals surface area contributed by atoms with E-state index >= 15 is 0 Å². The molecule has 0 saturated heterocycles. The van der Waals surface area contributed by atoms with Gasteiger partial charge in [0.2, 0.25) is 17.6 Å². The number of amides is 1. The van der Waals surface area contributed by atoms with Gasteiger partial charge in [-0.1, -0.05) is 35.5 Å². The van der Waals surface area contributed by atoms with E-state index in [1.54, 1.807) is 7.11 Å². The van der Waals surface area contributed by atoms with Gasteiger partial charge >= 0.3 is 0 Å². The second kappa shape index (κ2) is 9.91. The second-order valence-electron chi connectivity index (χ2n) is 8.44. The van der Waals surface area contributed by atoms with E-state index in [-0.39, 0.29) is 18.4 Å². The molecule has 0 bridgehead atoms. The number of rotatable bonds is 8. The van der Waals surface area contributed by atoms with E-state index < -0.39 is 0 Å². The SMILES string of the molecule is COc1ccc(-c2noc(CCC(=O)NC3CCCc4c3cnn4Cc3ccccc3)n2)cc1. The summed E-state index contributed by atoms with van der Waals surface area (Å²) in [6, 6.07) is 17.7. The summed E-state index contributed by atoms with van der Waals surface area (Å²) in [4.78, 5) is 17.1. The highest BCUT2D eigenvalue weighted by Gasteiger charge is 2.25. The summed E-state index contributed by atoms with van der Waals surface area (Å²) in [6.07, 6.45) is 5.49. The lowest BCUT2D eigenvalue weighted by atomic mass is 9.92. The largest absolute Gasteiger partial charge is 0.497 e. The molecule has 0 aliphatic heterocycles. The molecule has 8 heteroatoms.